The summed E-state index contributed by atoms with van der Waals surface area (Å²) in [5.41, 5.74) is -7.59. The molecule has 2 aliphatic carbocycles. The van der Waals surface area contributed by atoms with Crippen molar-refractivity contribution >= 4 is 23.9 Å². The Morgan fingerprint density at radius 3 is 1.81 bits per heavy atom. The normalized spacial score (nSPS) is 30.1. The number of esters is 3. The smallest absolute Gasteiger partial charge is 0.312 e. The van der Waals surface area contributed by atoms with Gasteiger partial charge in [0.1, 0.15) is 24.4 Å². The first-order valence-electron chi connectivity index (χ1n) is 26.0. The van der Waals surface area contributed by atoms with Gasteiger partial charge in [0, 0.05) is 5.41 Å². The molecule has 0 amide bonds. The van der Waals surface area contributed by atoms with Crippen molar-refractivity contribution in [2.45, 2.75) is 252 Å². The van der Waals surface area contributed by atoms with Gasteiger partial charge in [-0.1, -0.05) is 130 Å². The maximum absolute atomic E-state index is 15.4. The molecule has 2 N–H and O–H groups in total. The van der Waals surface area contributed by atoms with Gasteiger partial charge in [-0.2, -0.15) is 0 Å². The first-order chi connectivity index (χ1) is 30.3. The van der Waals surface area contributed by atoms with Gasteiger partial charge in [-0.05, 0) is 124 Å². The highest BCUT2D eigenvalue weighted by molar-refractivity contribution is 5.80. The fraction of sp³-hybridized carbons (Fsp3) is 0.929. The number of carboxylic acid groups (broad SMARTS) is 1. The van der Waals surface area contributed by atoms with Crippen LogP contribution in [0.25, 0.3) is 0 Å². The Balaban J connectivity index is 1.82. The summed E-state index contributed by atoms with van der Waals surface area (Å²) >= 11 is 0. The van der Waals surface area contributed by atoms with E-state index in [0.717, 1.165) is 44.9 Å². The van der Waals surface area contributed by atoms with Crippen molar-refractivity contribution in [1.29, 1.82) is 0 Å². The van der Waals surface area contributed by atoms with E-state index >= 15 is 14.4 Å². The largest absolute Gasteiger partial charge is 0.481 e. The fourth-order valence-corrected chi connectivity index (χ4v) is 13.0. The Morgan fingerprint density at radius 2 is 1.30 bits per heavy atom. The van der Waals surface area contributed by atoms with Gasteiger partial charge in [0.2, 0.25) is 0 Å². The van der Waals surface area contributed by atoms with E-state index in [4.69, 9.17) is 23.7 Å². The highest BCUT2D eigenvalue weighted by Gasteiger charge is 2.65. The molecule has 4 aliphatic rings. The summed E-state index contributed by atoms with van der Waals surface area (Å²) in [6.07, 6.45) is 5.36. The van der Waals surface area contributed by atoms with E-state index < -0.39 is 80.2 Å². The molecule has 8 unspecified atom stereocenters. The van der Waals surface area contributed by atoms with Crippen LogP contribution >= 0.6 is 0 Å². The number of hydrogen-bond acceptors (Lipinski definition) is 10. The van der Waals surface area contributed by atoms with Crippen molar-refractivity contribution in [2.75, 3.05) is 13.2 Å². The minimum Gasteiger partial charge on any atom is -0.481 e. The summed E-state index contributed by atoms with van der Waals surface area (Å²) in [6, 6.07) is 0. The van der Waals surface area contributed by atoms with Crippen molar-refractivity contribution in [1.82, 2.24) is 0 Å². The molecule has 2 bridgehead atoms. The third-order valence-corrected chi connectivity index (χ3v) is 19.4. The van der Waals surface area contributed by atoms with Crippen LogP contribution in [0.4, 0.5) is 0 Å². The second kappa shape index (κ2) is 19.8. The summed E-state index contributed by atoms with van der Waals surface area (Å²) in [6.45, 7) is 41.0. The predicted octanol–water partition coefficient (Wildman–Crippen LogP) is 12.2. The maximum atomic E-state index is 15.4. The van der Waals surface area contributed by atoms with Crippen LogP contribution in [0.3, 0.4) is 0 Å². The molecule has 67 heavy (non-hydrogen) atoms. The van der Waals surface area contributed by atoms with E-state index in [1.807, 2.05) is 83.1 Å². The average molecular weight is 947 g/mol. The zero-order chi connectivity index (χ0) is 51.4. The van der Waals surface area contributed by atoms with Crippen molar-refractivity contribution in [3.8, 4) is 0 Å². The summed E-state index contributed by atoms with van der Waals surface area (Å²) in [5, 5.41) is 21.6. The van der Waals surface area contributed by atoms with Crippen LogP contribution in [0.1, 0.15) is 216 Å². The van der Waals surface area contributed by atoms with Crippen LogP contribution < -0.4 is 0 Å². The molecule has 12 atom stereocenters. The fourth-order valence-electron chi connectivity index (χ4n) is 13.0. The highest BCUT2D eigenvalue weighted by Crippen LogP contribution is 2.67. The van der Waals surface area contributed by atoms with E-state index in [-0.39, 0.29) is 66.4 Å². The number of aliphatic hydroxyl groups is 1. The van der Waals surface area contributed by atoms with Gasteiger partial charge in [0.05, 0.1) is 41.5 Å². The number of hydrogen-bond donors (Lipinski definition) is 2. The molecule has 4 rings (SSSR count). The molecule has 2 saturated carbocycles. The Bertz CT molecular complexity index is 1770. The number of ether oxygens (including phenoxy) is 5. The van der Waals surface area contributed by atoms with Crippen molar-refractivity contribution < 1.29 is 53.1 Å². The number of carboxylic acids is 1. The lowest BCUT2D eigenvalue weighted by molar-refractivity contribution is -0.187. The van der Waals surface area contributed by atoms with E-state index in [2.05, 4.69) is 48.5 Å². The molecule has 11 nitrogen and oxygen atoms in total. The Morgan fingerprint density at radius 1 is 0.716 bits per heavy atom. The number of aliphatic carboxylic acids is 1. The maximum Gasteiger partial charge on any atom is 0.312 e. The molecule has 4 fully saturated rings. The zero-order valence-corrected chi connectivity index (χ0v) is 46.1. The molecule has 0 aromatic heterocycles. The van der Waals surface area contributed by atoms with Crippen LogP contribution in [-0.4, -0.2) is 83.9 Å². The minimum absolute atomic E-state index is 0.0483. The SMILES string of the molecule is CCCCCCC(C)OC(=O)C(CC(C)(C)C(C)(CC(C)(C)C(C)(CC(C)(C)C)C(=O)O)C(=O)O[C@@H]1CO[C@H]2[C@@H]1OC[C@@H]2O)C(C)(C)CC(C)(C(=O)OC1CC2CCC1(C)C2(C)C)C(C)(C)C. The van der Waals surface area contributed by atoms with E-state index in [0.29, 0.717) is 25.2 Å². The lowest BCUT2D eigenvalue weighted by atomic mass is 9.50. The Labute approximate surface area is 407 Å². The van der Waals surface area contributed by atoms with Crippen LogP contribution in [0, 0.1) is 66.0 Å². The van der Waals surface area contributed by atoms with Crippen LogP contribution in [0.2, 0.25) is 0 Å². The summed E-state index contributed by atoms with van der Waals surface area (Å²) in [7, 11) is 0. The Kier molecular flexibility index (Phi) is 16.9. The quantitative estimate of drug-likeness (QED) is 0.0605. The first-order valence-corrected chi connectivity index (χ1v) is 26.0. The molecule has 388 valence electrons. The molecule has 2 heterocycles. The van der Waals surface area contributed by atoms with Crippen molar-refractivity contribution in [3.05, 3.63) is 0 Å². The molecule has 11 heteroatoms. The van der Waals surface area contributed by atoms with Gasteiger partial charge < -0.3 is 33.9 Å². The topological polar surface area (TPSA) is 155 Å². The summed E-state index contributed by atoms with van der Waals surface area (Å²) < 4.78 is 31.4. The number of fused-ring (bicyclic) bond motifs is 3. The first kappa shape index (κ1) is 57.3. The number of rotatable bonds is 22. The number of carbonyl (C=O) groups excluding carboxylic acids is 3. The molecule has 2 aliphatic heterocycles. The van der Waals surface area contributed by atoms with E-state index in [1.54, 1.807) is 6.92 Å². The van der Waals surface area contributed by atoms with Gasteiger partial charge in [0.25, 0.3) is 0 Å². The predicted molar refractivity (Wildman–Crippen MR) is 263 cm³/mol. The molecule has 0 spiro atoms. The second-order valence-corrected chi connectivity index (χ2v) is 27.9. The minimum atomic E-state index is -1.39. The van der Waals surface area contributed by atoms with E-state index in [9.17, 15) is 15.0 Å². The van der Waals surface area contributed by atoms with Gasteiger partial charge >= 0.3 is 23.9 Å². The lowest BCUT2D eigenvalue weighted by Crippen LogP contribution is -2.55. The molecular formula is C56H98O11. The second-order valence-electron chi connectivity index (χ2n) is 27.9. The van der Waals surface area contributed by atoms with Gasteiger partial charge in [-0.25, -0.2) is 0 Å². The summed E-state index contributed by atoms with van der Waals surface area (Å²) in [5.74, 6) is -2.45. The molecule has 0 aromatic carbocycles. The van der Waals surface area contributed by atoms with Crippen LogP contribution in [-0.2, 0) is 42.9 Å². The van der Waals surface area contributed by atoms with Crippen molar-refractivity contribution in [2.24, 2.45) is 66.0 Å². The monoisotopic (exact) mass is 947 g/mol. The lowest BCUT2D eigenvalue weighted by Gasteiger charge is -2.53. The van der Waals surface area contributed by atoms with Gasteiger partial charge in [0.15, 0.2) is 6.10 Å². The standard InChI is InChI=1S/C56H98O11/c1-21-22-23-24-25-35(2)65-43(58)37(49(9,10)33-55(19,48(6,7)8)45(61)67-40-28-36-26-27-53(40,17)52(36,15)16)29-50(11,12)56(20,34-51(13,14)54(18,44(59)60)32-47(3,4)5)46(62)66-39-31-64-41-38(57)30-63-42(39)41/h35-42,57H,21-34H2,1-20H3,(H,59,60)/t35?,36?,37?,38-,39+,40?,41+,42+,53?,54?,55?,56?/m0/s1. The van der Waals surface area contributed by atoms with Gasteiger partial charge in [-0.15, -0.1) is 0 Å². The van der Waals surface area contributed by atoms with Crippen LogP contribution in [0.5, 0.6) is 0 Å². The van der Waals surface area contributed by atoms with Crippen molar-refractivity contribution in [3.63, 3.8) is 0 Å². The van der Waals surface area contributed by atoms with Gasteiger partial charge in [-0.3, -0.25) is 19.2 Å². The number of carbonyl (C=O) groups is 4. The number of unbranched alkanes of at least 4 members (excludes halogenated alkanes) is 3. The van der Waals surface area contributed by atoms with Crippen LogP contribution in [0.15, 0.2) is 0 Å². The zero-order valence-electron chi connectivity index (χ0n) is 46.1. The third-order valence-electron chi connectivity index (χ3n) is 19.4. The highest BCUT2D eigenvalue weighted by atomic mass is 16.6. The summed E-state index contributed by atoms with van der Waals surface area (Å²) in [4.78, 5) is 59.1. The molecule has 0 aromatic rings. The Hall–Kier alpha value is -2.24. The third kappa shape index (κ3) is 11.3. The number of aliphatic hydroxyl groups excluding tert-OH is 1. The average Bonchev–Trinajstić information content (AvgIpc) is 3.86. The molecule has 0 radical (unpaired) electrons. The van der Waals surface area contributed by atoms with E-state index in [1.165, 1.54) is 0 Å². The molecular weight excluding hydrogens is 849 g/mol. The molecule has 2 saturated heterocycles.